The predicted octanol–water partition coefficient (Wildman–Crippen LogP) is 4.09. The van der Waals surface area contributed by atoms with Crippen LogP contribution >= 0.6 is 0 Å². The number of ether oxygens (including phenoxy) is 1. The molecule has 56 heavy (non-hydrogen) atoms. The summed E-state index contributed by atoms with van der Waals surface area (Å²) in [6.45, 7) is 9.82. The van der Waals surface area contributed by atoms with Crippen LogP contribution in [0, 0.1) is 13.8 Å². The number of nitrogens with zero attached hydrogens (tertiary/aromatic N) is 6. The molecule has 3 amide bonds. The van der Waals surface area contributed by atoms with Gasteiger partial charge in [0.2, 0.25) is 17.8 Å². The van der Waals surface area contributed by atoms with Crippen LogP contribution in [0.25, 0.3) is 11.0 Å². The zero-order valence-corrected chi connectivity index (χ0v) is 32.2. The number of ketones is 1. The summed E-state index contributed by atoms with van der Waals surface area (Å²) in [7, 11) is 0. The highest BCUT2D eigenvalue weighted by molar-refractivity contribution is 6.01. The Labute approximate surface area is 325 Å². The molecule has 1 unspecified atom stereocenters. The third-order valence-corrected chi connectivity index (χ3v) is 11.2. The molecule has 3 aromatic heterocycles. The Morgan fingerprint density at radius 2 is 1.73 bits per heavy atom. The van der Waals surface area contributed by atoms with Crippen LogP contribution < -0.4 is 31.1 Å². The summed E-state index contributed by atoms with van der Waals surface area (Å²) in [5.41, 5.74) is 3.69. The molecule has 15 nitrogen and oxygen atoms in total. The molecule has 2 aliphatic heterocycles. The first-order valence-corrected chi connectivity index (χ1v) is 19.5. The number of imide groups is 1. The Kier molecular flexibility index (Phi) is 11.7. The molecule has 3 N–H and O–H groups in total. The number of aryl methyl sites for hydroxylation is 1. The van der Waals surface area contributed by atoms with Crippen molar-refractivity contribution >= 4 is 52.0 Å². The molecule has 294 valence electrons. The molecule has 15 heteroatoms. The molecule has 0 radical (unpaired) electrons. The Morgan fingerprint density at radius 1 is 0.946 bits per heavy atom. The van der Waals surface area contributed by atoms with Gasteiger partial charge in [0.05, 0.1) is 23.4 Å². The van der Waals surface area contributed by atoms with E-state index in [2.05, 4.69) is 35.7 Å². The number of pyridine rings is 2. The van der Waals surface area contributed by atoms with Crippen molar-refractivity contribution in [3.05, 3.63) is 75.3 Å². The van der Waals surface area contributed by atoms with Gasteiger partial charge in [-0.3, -0.25) is 38.8 Å². The third kappa shape index (κ3) is 8.42. The van der Waals surface area contributed by atoms with Gasteiger partial charge in [0.15, 0.2) is 12.4 Å². The van der Waals surface area contributed by atoms with E-state index >= 15 is 0 Å². The van der Waals surface area contributed by atoms with E-state index in [9.17, 15) is 24.0 Å². The zero-order valence-electron chi connectivity index (χ0n) is 32.2. The van der Waals surface area contributed by atoms with Gasteiger partial charge >= 0.3 is 0 Å². The van der Waals surface area contributed by atoms with Crippen molar-refractivity contribution in [1.82, 2.24) is 35.1 Å². The van der Waals surface area contributed by atoms with Crippen LogP contribution in [0.3, 0.4) is 0 Å². The van der Waals surface area contributed by atoms with Crippen LogP contribution in [0.4, 0.5) is 17.5 Å². The van der Waals surface area contributed by atoms with Gasteiger partial charge < -0.3 is 20.3 Å². The molecule has 5 heterocycles. The van der Waals surface area contributed by atoms with Gasteiger partial charge in [0.1, 0.15) is 17.2 Å². The molecule has 0 bridgehead atoms. The van der Waals surface area contributed by atoms with E-state index in [4.69, 9.17) is 9.72 Å². The molecule has 1 atom stereocenters. The van der Waals surface area contributed by atoms with E-state index in [0.717, 1.165) is 81.6 Å². The molecule has 4 aromatic rings. The smallest absolute Gasteiger partial charge is 0.263 e. The van der Waals surface area contributed by atoms with Gasteiger partial charge in [0, 0.05) is 56.8 Å². The van der Waals surface area contributed by atoms with Gasteiger partial charge in [-0.05, 0) is 87.9 Å². The molecular formula is C41H49N9O6. The quantitative estimate of drug-likeness (QED) is 0.101. The van der Waals surface area contributed by atoms with Crippen molar-refractivity contribution in [3.8, 4) is 5.75 Å². The van der Waals surface area contributed by atoms with Crippen molar-refractivity contribution in [2.24, 2.45) is 0 Å². The average Bonchev–Trinajstić information content (AvgIpc) is 3.71. The second-order valence-electron chi connectivity index (χ2n) is 14.9. The number of anilines is 3. The zero-order chi connectivity index (χ0) is 39.3. The topological polar surface area (TPSA) is 181 Å². The van der Waals surface area contributed by atoms with E-state index in [1.54, 1.807) is 29.8 Å². The number of carbonyl (C=O) groups excluding carboxylic acids is 4. The SMILES string of the molecule is CC(=O)c1c(C)c2cnc(Nc3ccc(N4CCN(CCCNC(=O)COc5cccc(C6CCC(=O)NC6=O)c5C)CC4)cn3)nc2n(C2CCCC2)c1=O. The maximum absolute atomic E-state index is 13.5. The van der Waals surface area contributed by atoms with E-state index in [0.29, 0.717) is 53.5 Å². The molecule has 1 aliphatic carbocycles. The average molecular weight is 764 g/mol. The van der Waals surface area contributed by atoms with Crippen molar-refractivity contribution in [2.75, 3.05) is 56.1 Å². The summed E-state index contributed by atoms with van der Waals surface area (Å²) in [5.74, 6) is 0.0500. The molecule has 1 aromatic carbocycles. The lowest BCUT2D eigenvalue weighted by Crippen LogP contribution is -2.47. The highest BCUT2D eigenvalue weighted by Crippen LogP contribution is 2.33. The summed E-state index contributed by atoms with van der Waals surface area (Å²) >= 11 is 0. The van der Waals surface area contributed by atoms with Gasteiger partial charge in [-0.25, -0.2) is 9.97 Å². The van der Waals surface area contributed by atoms with Crippen LogP contribution in [0.15, 0.2) is 47.5 Å². The lowest BCUT2D eigenvalue weighted by atomic mass is 9.87. The van der Waals surface area contributed by atoms with Crippen LogP contribution in [-0.4, -0.2) is 93.8 Å². The van der Waals surface area contributed by atoms with E-state index < -0.39 is 5.92 Å². The van der Waals surface area contributed by atoms with E-state index in [1.807, 2.05) is 31.3 Å². The first kappa shape index (κ1) is 38.6. The highest BCUT2D eigenvalue weighted by atomic mass is 16.5. The number of amides is 3. The van der Waals surface area contributed by atoms with Crippen LogP contribution in [0.5, 0.6) is 5.75 Å². The Morgan fingerprint density at radius 3 is 2.45 bits per heavy atom. The maximum Gasteiger partial charge on any atom is 0.263 e. The number of rotatable bonds is 13. The first-order chi connectivity index (χ1) is 27.1. The highest BCUT2D eigenvalue weighted by Gasteiger charge is 2.30. The number of aromatic nitrogens is 4. The minimum atomic E-state index is -0.412. The van der Waals surface area contributed by atoms with Gasteiger partial charge in [-0.2, -0.15) is 4.98 Å². The van der Waals surface area contributed by atoms with E-state index in [-0.39, 0.29) is 47.3 Å². The number of hydrogen-bond donors (Lipinski definition) is 3. The Bertz CT molecular complexity index is 2190. The Hall–Kier alpha value is -5.70. The number of benzene rings is 1. The molecule has 3 aliphatic rings. The summed E-state index contributed by atoms with van der Waals surface area (Å²) < 4.78 is 7.52. The normalized spacial score (nSPS) is 17.9. The number of nitrogens with one attached hydrogen (secondary N) is 3. The summed E-state index contributed by atoms with van der Waals surface area (Å²) in [5, 5.41) is 9.24. The fraction of sp³-hybridized carbons (Fsp3) is 0.463. The first-order valence-electron chi connectivity index (χ1n) is 19.5. The molecule has 0 spiro atoms. The second-order valence-corrected chi connectivity index (χ2v) is 14.9. The van der Waals surface area contributed by atoms with Crippen LogP contribution in [0.2, 0.25) is 0 Å². The van der Waals surface area contributed by atoms with Gasteiger partial charge in [-0.1, -0.05) is 25.0 Å². The number of hydrogen-bond acceptors (Lipinski definition) is 12. The lowest BCUT2D eigenvalue weighted by molar-refractivity contribution is -0.134. The maximum atomic E-state index is 13.5. The summed E-state index contributed by atoms with van der Waals surface area (Å²) in [4.78, 5) is 81.1. The third-order valence-electron chi connectivity index (χ3n) is 11.2. The molecule has 7 rings (SSSR count). The van der Waals surface area contributed by atoms with Crippen LogP contribution in [-0.2, 0) is 14.4 Å². The molecule has 2 saturated heterocycles. The fourth-order valence-electron chi connectivity index (χ4n) is 8.18. The van der Waals surface area contributed by atoms with Gasteiger partial charge in [0.25, 0.3) is 11.5 Å². The van der Waals surface area contributed by atoms with Crippen molar-refractivity contribution in [1.29, 1.82) is 0 Å². The van der Waals surface area contributed by atoms with Crippen molar-refractivity contribution < 1.29 is 23.9 Å². The fourth-order valence-corrected chi connectivity index (χ4v) is 8.18. The predicted molar refractivity (Wildman–Crippen MR) is 212 cm³/mol. The number of fused-ring (bicyclic) bond motifs is 1. The largest absolute Gasteiger partial charge is 0.483 e. The van der Waals surface area contributed by atoms with Crippen molar-refractivity contribution in [3.63, 3.8) is 0 Å². The number of carbonyl (C=O) groups is 4. The minimum absolute atomic E-state index is 0.00612. The monoisotopic (exact) mass is 763 g/mol. The number of piperazine rings is 1. The minimum Gasteiger partial charge on any atom is -0.483 e. The molecule has 3 fully saturated rings. The van der Waals surface area contributed by atoms with Gasteiger partial charge in [-0.15, -0.1) is 0 Å². The number of piperidine rings is 1. The standard InChI is InChI=1S/C41H49N9O6/c1-25-30(31-13-15-35(52)46-39(31)54)10-6-11-33(25)56-24-36(53)42-16-7-17-48-18-20-49(21-19-48)29-12-14-34(43-22-29)45-41-44-23-32-26(2)37(27(3)51)40(55)50(38(32)47-41)28-8-4-5-9-28/h6,10-12,14,22-23,28,31H,4-5,7-9,13,15-21,24H2,1-3H3,(H,42,53)(H,46,52,54)(H,43,44,45,47). The van der Waals surface area contributed by atoms with Crippen LogP contribution in [0.1, 0.15) is 90.9 Å². The Balaban J connectivity index is 0.859. The lowest BCUT2D eigenvalue weighted by Gasteiger charge is -2.36. The summed E-state index contributed by atoms with van der Waals surface area (Å²) in [6, 6.07) is 9.37. The molecule has 1 saturated carbocycles. The second kappa shape index (κ2) is 17.0. The summed E-state index contributed by atoms with van der Waals surface area (Å²) in [6.07, 6.45) is 8.91. The molecular weight excluding hydrogens is 715 g/mol. The number of Topliss-reactive ketones (excluding diaryl/α,β-unsaturated/α-hetero) is 1. The van der Waals surface area contributed by atoms with Crippen molar-refractivity contribution in [2.45, 2.75) is 77.7 Å². The van der Waals surface area contributed by atoms with E-state index in [1.165, 1.54) is 6.92 Å².